The Hall–Kier alpha value is -4.23. The third kappa shape index (κ3) is 7.30. The van der Waals surface area contributed by atoms with Crippen molar-refractivity contribution in [2.45, 2.75) is 65.6 Å². The second-order valence-electron chi connectivity index (χ2n) is 10.7. The van der Waals surface area contributed by atoms with E-state index in [2.05, 4.69) is 11.4 Å². The molecule has 0 bridgehead atoms. The number of nitrogens with one attached hydrogen (secondary N) is 2. The van der Waals surface area contributed by atoms with Crippen LogP contribution in [0, 0.1) is 34.9 Å². The highest BCUT2D eigenvalue weighted by Crippen LogP contribution is 2.44. The minimum absolute atomic E-state index is 0.0761. The van der Waals surface area contributed by atoms with E-state index >= 15 is 0 Å². The number of nitrogens with zero attached hydrogens (tertiary/aromatic N) is 2. The Morgan fingerprint density at radius 1 is 1.27 bits per heavy atom. The molecule has 2 unspecified atom stereocenters. The number of ether oxygens (including phenoxy) is 1. The molecule has 0 radical (unpaired) electrons. The number of nitriles is 1. The number of carbonyl (C=O) groups is 3. The third-order valence-electron chi connectivity index (χ3n) is 7.00. The van der Waals surface area contributed by atoms with Crippen LogP contribution < -0.4 is 15.8 Å². The Balaban J connectivity index is 1.84. The predicted molar refractivity (Wildman–Crippen MR) is 153 cm³/mol. The van der Waals surface area contributed by atoms with E-state index in [-0.39, 0.29) is 27.8 Å². The first-order valence-electron chi connectivity index (χ1n) is 13.0. The van der Waals surface area contributed by atoms with Crippen molar-refractivity contribution in [1.82, 2.24) is 10.2 Å². The lowest BCUT2D eigenvalue weighted by Crippen LogP contribution is -2.52. The van der Waals surface area contributed by atoms with Crippen LogP contribution in [-0.2, 0) is 9.59 Å². The van der Waals surface area contributed by atoms with Crippen molar-refractivity contribution in [3.8, 4) is 11.8 Å². The zero-order valence-electron chi connectivity index (χ0n) is 23.5. The van der Waals surface area contributed by atoms with Crippen molar-refractivity contribution < 1.29 is 23.5 Å². The van der Waals surface area contributed by atoms with E-state index in [1.165, 1.54) is 43.3 Å². The first-order valence-corrected chi connectivity index (χ1v) is 13.4. The molecule has 2 aromatic carbocycles. The number of amides is 3. The predicted octanol–water partition coefficient (Wildman–Crippen LogP) is 4.98. The summed E-state index contributed by atoms with van der Waals surface area (Å²) in [4.78, 5) is 40.2. The largest absolute Gasteiger partial charge is 0.451 e. The molecule has 3 amide bonds. The van der Waals surface area contributed by atoms with Gasteiger partial charge in [-0.3, -0.25) is 14.4 Å². The fraction of sp³-hybridized carbons (Fsp3) is 0.367. The molecule has 0 saturated carbocycles. The summed E-state index contributed by atoms with van der Waals surface area (Å²) >= 11 is 6.10. The number of nitrogens with two attached hydrogens (primary N) is 1. The molecule has 1 aliphatic heterocycles. The van der Waals surface area contributed by atoms with E-state index in [0.29, 0.717) is 24.0 Å². The zero-order chi connectivity index (χ0) is 30.6. The van der Waals surface area contributed by atoms with Gasteiger partial charge >= 0.3 is 0 Å². The van der Waals surface area contributed by atoms with Gasteiger partial charge in [-0.1, -0.05) is 11.6 Å². The number of rotatable bonds is 9. The number of carbonyl (C=O) groups excluding carboxylic acids is 3. The molecule has 11 heteroatoms. The molecular weight excluding hydrogens is 549 g/mol. The number of halogens is 2. The Morgan fingerprint density at radius 3 is 2.51 bits per heavy atom. The molecule has 3 atom stereocenters. The summed E-state index contributed by atoms with van der Waals surface area (Å²) in [5.41, 5.74) is 5.79. The monoisotopic (exact) mass is 581 g/mol. The van der Waals surface area contributed by atoms with Gasteiger partial charge in [-0.05, 0) is 95.0 Å². The van der Waals surface area contributed by atoms with Gasteiger partial charge in [-0.2, -0.15) is 5.26 Å². The summed E-state index contributed by atoms with van der Waals surface area (Å²) < 4.78 is 19.8. The normalized spacial score (nSPS) is 17.9. The average Bonchev–Trinajstić information content (AvgIpc) is 3.34. The maximum absolute atomic E-state index is 14.2. The zero-order valence-corrected chi connectivity index (χ0v) is 24.3. The molecule has 1 aliphatic rings. The number of hydrogen-bond acceptors (Lipinski definition) is 6. The summed E-state index contributed by atoms with van der Waals surface area (Å²) in [5, 5.41) is 20.3. The van der Waals surface area contributed by atoms with Gasteiger partial charge in [0.15, 0.2) is 5.76 Å². The van der Waals surface area contributed by atoms with Crippen LogP contribution in [-0.4, -0.2) is 40.4 Å². The maximum Gasteiger partial charge on any atom is 0.284 e. The number of primary amides is 1. The molecule has 216 valence electrons. The van der Waals surface area contributed by atoms with Crippen molar-refractivity contribution in [2.24, 2.45) is 11.1 Å². The van der Waals surface area contributed by atoms with Gasteiger partial charge in [0.2, 0.25) is 5.91 Å². The molecule has 0 spiro atoms. The summed E-state index contributed by atoms with van der Waals surface area (Å²) in [6.07, 6.45) is 2.22. The lowest BCUT2D eigenvalue weighted by Gasteiger charge is -2.38. The Labute approximate surface area is 243 Å². The fourth-order valence-corrected chi connectivity index (χ4v) is 5.16. The van der Waals surface area contributed by atoms with Gasteiger partial charge < -0.3 is 26.1 Å². The number of hydrogen-bond donors (Lipinski definition) is 3. The van der Waals surface area contributed by atoms with Gasteiger partial charge in [0.05, 0.1) is 23.6 Å². The average molecular weight is 582 g/mol. The molecule has 0 aromatic heterocycles. The van der Waals surface area contributed by atoms with Crippen LogP contribution in [0.5, 0.6) is 5.75 Å². The smallest absolute Gasteiger partial charge is 0.284 e. The number of allylic oxidation sites excluding steroid dienone is 1. The SMILES string of the molecule is CC(=N)/C=C(/Oc1ccc(C(=O)N[C@H](C)C(=O)N2C(c3cc(F)cc(Cl)c3)CCC2C(C)(C)C#N)cc1C)C(N)=O. The lowest BCUT2D eigenvalue weighted by atomic mass is 9.84. The van der Waals surface area contributed by atoms with Gasteiger partial charge in [0.25, 0.3) is 11.8 Å². The minimum atomic E-state index is -0.972. The van der Waals surface area contributed by atoms with Crippen LogP contribution in [0.15, 0.2) is 48.2 Å². The van der Waals surface area contributed by atoms with Crippen LogP contribution in [0.2, 0.25) is 5.02 Å². The molecular formula is C30H33ClFN5O4. The van der Waals surface area contributed by atoms with Crippen molar-refractivity contribution in [2.75, 3.05) is 0 Å². The van der Waals surface area contributed by atoms with Crippen LogP contribution in [0.25, 0.3) is 0 Å². The van der Waals surface area contributed by atoms with Crippen LogP contribution in [0.4, 0.5) is 4.39 Å². The van der Waals surface area contributed by atoms with Crippen LogP contribution in [0.3, 0.4) is 0 Å². The van der Waals surface area contributed by atoms with E-state index in [4.69, 9.17) is 27.5 Å². The molecule has 2 aromatic rings. The van der Waals surface area contributed by atoms with E-state index in [0.717, 1.165) is 0 Å². The molecule has 1 fully saturated rings. The molecule has 1 saturated heterocycles. The minimum Gasteiger partial charge on any atom is -0.451 e. The summed E-state index contributed by atoms with van der Waals surface area (Å²) in [6, 6.07) is 8.92. The van der Waals surface area contributed by atoms with Gasteiger partial charge in [-0.15, -0.1) is 0 Å². The topological polar surface area (TPSA) is 149 Å². The molecule has 0 aliphatic carbocycles. The summed E-state index contributed by atoms with van der Waals surface area (Å²) in [7, 11) is 0. The summed E-state index contributed by atoms with van der Waals surface area (Å²) in [5.74, 6) is -2.26. The standard InChI is InChI=1S/C30H33ClFN5O4/c1-16-10-19(6-8-24(16)41-25(27(35)38)11-17(2)34)28(39)36-18(3)29(40)37-23(7-9-26(37)30(4,5)15-33)20-12-21(31)14-22(32)13-20/h6,8,10-14,18,23,26,34H,7,9H2,1-5H3,(H2,35,38)(H,36,39)/b25-11+,34-17?/t18-,23?,26?/m1/s1. The second kappa shape index (κ2) is 12.5. The Bertz CT molecular complexity index is 1450. The van der Waals surface area contributed by atoms with Crippen molar-refractivity contribution in [3.63, 3.8) is 0 Å². The lowest BCUT2D eigenvalue weighted by molar-refractivity contribution is -0.137. The highest BCUT2D eigenvalue weighted by molar-refractivity contribution is 6.30. The van der Waals surface area contributed by atoms with Gasteiger partial charge in [-0.25, -0.2) is 4.39 Å². The quantitative estimate of drug-likeness (QED) is 0.217. The van der Waals surface area contributed by atoms with Gasteiger partial charge in [0, 0.05) is 22.4 Å². The van der Waals surface area contributed by atoms with Crippen LogP contribution in [0.1, 0.15) is 68.1 Å². The first-order chi connectivity index (χ1) is 19.1. The Kier molecular flexibility index (Phi) is 9.56. The molecule has 4 N–H and O–H groups in total. The van der Waals surface area contributed by atoms with Crippen molar-refractivity contribution in [3.05, 3.63) is 75.8 Å². The molecule has 9 nitrogen and oxygen atoms in total. The second-order valence-corrected chi connectivity index (χ2v) is 11.2. The number of aryl methyl sites for hydroxylation is 1. The molecule has 3 rings (SSSR count). The molecule has 41 heavy (non-hydrogen) atoms. The van der Waals surface area contributed by atoms with E-state index in [9.17, 15) is 24.0 Å². The molecule has 1 heterocycles. The maximum atomic E-state index is 14.2. The fourth-order valence-electron chi connectivity index (χ4n) is 4.93. The Morgan fingerprint density at radius 2 is 1.95 bits per heavy atom. The van der Waals surface area contributed by atoms with Crippen LogP contribution >= 0.6 is 11.6 Å². The first kappa shape index (κ1) is 31.3. The number of likely N-dealkylation sites (tertiary alicyclic amines) is 1. The number of benzene rings is 2. The van der Waals surface area contributed by atoms with Crippen molar-refractivity contribution in [1.29, 1.82) is 10.7 Å². The van der Waals surface area contributed by atoms with E-state index in [1.807, 2.05) is 0 Å². The van der Waals surface area contributed by atoms with Gasteiger partial charge in [0.1, 0.15) is 17.6 Å². The highest BCUT2D eigenvalue weighted by atomic mass is 35.5. The van der Waals surface area contributed by atoms with E-state index < -0.39 is 47.1 Å². The third-order valence-corrected chi connectivity index (χ3v) is 7.21. The van der Waals surface area contributed by atoms with E-state index in [1.54, 1.807) is 38.7 Å². The highest BCUT2D eigenvalue weighted by Gasteiger charge is 2.46. The summed E-state index contributed by atoms with van der Waals surface area (Å²) in [6.45, 7) is 8.19. The van der Waals surface area contributed by atoms with Crippen molar-refractivity contribution >= 4 is 35.0 Å².